The first-order valence-corrected chi connectivity index (χ1v) is 7.04. The molecule has 0 aliphatic rings. The summed E-state index contributed by atoms with van der Waals surface area (Å²) in [5, 5.41) is 4.17. The Balaban J connectivity index is 1.93. The summed E-state index contributed by atoms with van der Waals surface area (Å²) in [6.07, 6.45) is 1.89. The lowest BCUT2D eigenvalue weighted by Crippen LogP contribution is -2.02. The molecule has 2 rings (SSSR count). The molecule has 0 saturated heterocycles. The molecule has 17 heavy (non-hydrogen) atoms. The Morgan fingerprint density at radius 3 is 3.12 bits per heavy atom. The summed E-state index contributed by atoms with van der Waals surface area (Å²) in [6, 6.07) is 6.65. The van der Waals surface area contributed by atoms with Gasteiger partial charge in [-0.25, -0.2) is 9.37 Å². The highest BCUT2D eigenvalue weighted by Gasteiger charge is 2.03. The van der Waals surface area contributed by atoms with Gasteiger partial charge in [0.05, 0.1) is 5.75 Å². The smallest absolute Gasteiger partial charge is 0.124 e. The van der Waals surface area contributed by atoms with Crippen LogP contribution >= 0.6 is 23.1 Å². The third-order valence-corrected chi connectivity index (χ3v) is 4.30. The van der Waals surface area contributed by atoms with Crippen LogP contribution in [0.5, 0.6) is 0 Å². The van der Waals surface area contributed by atoms with Crippen LogP contribution in [0.3, 0.4) is 0 Å². The van der Waals surface area contributed by atoms with Crippen molar-refractivity contribution in [2.24, 2.45) is 0 Å². The lowest BCUT2D eigenvalue weighted by Gasteiger charge is -1.98. The second kappa shape index (κ2) is 6.14. The highest BCUT2D eigenvalue weighted by atomic mass is 32.2. The van der Waals surface area contributed by atoms with Crippen molar-refractivity contribution in [3.8, 4) is 0 Å². The highest BCUT2D eigenvalue weighted by molar-refractivity contribution is 7.98. The van der Waals surface area contributed by atoms with E-state index in [9.17, 15) is 4.39 Å². The summed E-state index contributed by atoms with van der Waals surface area (Å²) < 4.78 is 13.0. The maximum absolute atomic E-state index is 13.0. The molecule has 0 unspecified atom stereocenters. The van der Waals surface area contributed by atoms with E-state index in [0.29, 0.717) is 0 Å². The number of rotatable bonds is 5. The van der Waals surface area contributed by atoms with Gasteiger partial charge in [0.15, 0.2) is 0 Å². The molecule has 1 heterocycles. The average molecular weight is 268 g/mol. The molecule has 0 saturated carbocycles. The van der Waals surface area contributed by atoms with Crippen LogP contribution in [0, 0.1) is 5.82 Å². The molecule has 0 amide bonds. The van der Waals surface area contributed by atoms with Crippen molar-refractivity contribution in [1.29, 1.82) is 0 Å². The van der Waals surface area contributed by atoms with Crippen molar-refractivity contribution in [2.45, 2.75) is 17.2 Å². The SMILES string of the molecule is CNCc1cnc(CSc2cccc(F)c2)s1. The molecule has 90 valence electrons. The minimum absolute atomic E-state index is 0.190. The van der Waals surface area contributed by atoms with Crippen LogP contribution in [0.15, 0.2) is 35.4 Å². The van der Waals surface area contributed by atoms with Crippen molar-refractivity contribution in [3.05, 3.63) is 46.2 Å². The van der Waals surface area contributed by atoms with Gasteiger partial charge < -0.3 is 5.32 Å². The standard InChI is InChI=1S/C12H13FN2S2/c1-14-6-11-7-15-12(17-11)8-16-10-4-2-3-9(13)5-10/h2-5,7,14H,6,8H2,1H3. The van der Waals surface area contributed by atoms with Crippen molar-refractivity contribution in [3.63, 3.8) is 0 Å². The van der Waals surface area contributed by atoms with Gasteiger partial charge in [-0.15, -0.1) is 23.1 Å². The van der Waals surface area contributed by atoms with Crippen molar-refractivity contribution in [1.82, 2.24) is 10.3 Å². The van der Waals surface area contributed by atoms with E-state index >= 15 is 0 Å². The van der Waals surface area contributed by atoms with Gasteiger partial charge in [-0.3, -0.25) is 0 Å². The average Bonchev–Trinajstić information content (AvgIpc) is 2.75. The predicted molar refractivity (Wildman–Crippen MR) is 70.8 cm³/mol. The minimum atomic E-state index is -0.190. The first-order valence-electron chi connectivity index (χ1n) is 5.24. The summed E-state index contributed by atoms with van der Waals surface area (Å²) in [6.45, 7) is 0.850. The topological polar surface area (TPSA) is 24.9 Å². The Kier molecular flexibility index (Phi) is 4.53. The number of hydrogen-bond acceptors (Lipinski definition) is 4. The summed E-state index contributed by atoms with van der Waals surface area (Å²) in [5.74, 6) is 0.600. The molecule has 1 aromatic heterocycles. The third-order valence-electron chi connectivity index (χ3n) is 2.11. The Morgan fingerprint density at radius 2 is 2.35 bits per heavy atom. The predicted octanol–water partition coefficient (Wildman–Crippen LogP) is 3.29. The van der Waals surface area contributed by atoms with Crippen LogP contribution in [-0.4, -0.2) is 12.0 Å². The Bertz CT molecular complexity index is 485. The zero-order valence-electron chi connectivity index (χ0n) is 9.44. The summed E-state index contributed by atoms with van der Waals surface area (Å²) in [7, 11) is 1.92. The molecule has 0 atom stereocenters. The Morgan fingerprint density at radius 1 is 1.47 bits per heavy atom. The second-order valence-corrected chi connectivity index (χ2v) is 5.75. The number of halogens is 1. The molecule has 2 aromatic rings. The van der Waals surface area contributed by atoms with Gasteiger partial charge in [0.25, 0.3) is 0 Å². The zero-order valence-corrected chi connectivity index (χ0v) is 11.1. The maximum Gasteiger partial charge on any atom is 0.124 e. The van der Waals surface area contributed by atoms with Crippen LogP contribution in [-0.2, 0) is 12.3 Å². The molecule has 0 bridgehead atoms. The molecule has 5 heteroatoms. The van der Waals surface area contributed by atoms with Crippen molar-refractivity contribution < 1.29 is 4.39 Å². The molecular formula is C12H13FN2S2. The van der Waals surface area contributed by atoms with E-state index in [-0.39, 0.29) is 5.82 Å². The molecular weight excluding hydrogens is 255 g/mol. The number of thioether (sulfide) groups is 1. The van der Waals surface area contributed by atoms with Gasteiger partial charge >= 0.3 is 0 Å². The Hall–Kier alpha value is -0.910. The highest BCUT2D eigenvalue weighted by Crippen LogP contribution is 2.25. The lowest BCUT2D eigenvalue weighted by molar-refractivity contribution is 0.624. The van der Waals surface area contributed by atoms with Gasteiger partial charge in [-0.1, -0.05) is 6.07 Å². The number of thiazole rings is 1. The lowest BCUT2D eigenvalue weighted by atomic mass is 10.4. The minimum Gasteiger partial charge on any atom is -0.315 e. The molecule has 0 radical (unpaired) electrons. The summed E-state index contributed by atoms with van der Waals surface area (Å²) in [5.41, 5.74) is 0. The number of benzene rings is 1. The van der Waals surface area contributed by atoms with E-state index in [2.05, 4.69) is 10.3 Å². The quantitative estimate of drug-likeness (QED) is 0.842. The first kappa shape index (κ1) is 12.5. The maximum atomic E-state index is 13.0. The monoisotopic (exact) mass is 268 g/mol. The van der Waals surface area contributed by atoms with Crippen LogP contribution in [0.4, 0.5) is 4.39 Å². The van der Waals surface area contributed by atoms with Gasteiger partial charge in [0.2, 0.25) is 0 Å². The van der Waals surface area contributed by atoms with Gasteiger partial charge in [0, 0.05) is 22.5 Å². The van der Waals surface area contributed by atoms with Crippen molar-refractivity contribution in [2.75, 3.05) is 7.05 Å². The van der Waals surface area contributed by atoms with E-state index in [1.807, 2.05) is 19.3 Å². The van der Waals surface area contributed by atoms with E-state index in [1.165, 1.54) is 10.9 Å². The first-order chi connectivity index (χ1) is 8.28. The van der Waals surface area contributed by atoms with Crippen LogP contribution in [0.25, 0.3) is 0 Å². The van der Waals surface area contributed by atoms with Gasteiger partial charge in [0.1, 0.15) is 10.8 Å². The van der Waals surface area contributed by atoms with Gasteiger partial charge in [-0.05, 0) is 25.2 Å². The second-order valence-electron chi connectivity index (χ2n) is 3.50. The van der Waals surface area contributed by atoms with Crippen LogP contribution in [0.1, 0.15) is 9.88 Å². The van der Waals surface area contributed by atoms with E-state index in [1.54, 1.807) is 35.2 Å². The molecule has 1 N–H and O–H groups in total. The van der Waals surface area contributed by atoms with E-state index in [0.717, 1.165) is 22.2 Å². The fourth-order valence-corrected chi connectivity index (χ4v) is 3.25. The molecule has 0 spiro atoms. The van der Waals surface area contributed by atoms with E-state index < -0.39 is 0 Å². The van der Waals surface area contributed by atoms with Crippen LogP contribution in [0.2, 0.25) is 0 Å². The summed E-state index contributed by atoms with van der Waals surface area (Å²) in [4.78, 5) is 6.50. The fraction of sp³-hybridized carbons (Fsp3) is 0.250. The van der Waals surface area contributed by atoms with E-state index in [4.69, 9.17) is 0 Å². The number of nitrogens with zero attached hydrogens (tertiary/aromatic N) is 1. The van der Waals surface area contributed by atoms with Gasteiger partial charge in [-0.2, -0.15) is 0 Å². The zero-order chi connectivity index (χ0) is 12.1. The normalized spacial score (nSPS) is 10.7. The molecule has 1 aromatic carbocycles. The number of aromatic nitrogens is 1. The molecule has 0 aliphatic heterocycles. The largest absolute Gasteiger partial charge is 0.315 e. The fourth-order valence-electron chi connectivity index (χ4n) is 1.37. The molecule has 0 fully saturated rings. The molecule has 0 aliphatic carbocycles. The van der Waals surface area contributed by atoms with Crippen molar-refractivity contribution >= 4 is 23.1 Å². The number of hydrogen-bond donors (Lipinski definition) is 1. The number of nitrogens with one attached hydrogen (secondary N) is 1. The van der Waals surface area contributed by atoms with Crippen LogP contribution < -0.4 is 5.32 Å². The third kappa shape index (κ3) is 3.80. The summed E-state index contributed by atoms with van der Waals surface area (Å²) >= 11 is 3.30. The molecule has 2 nitrogen and oxygen atoms in total. The Labute approximate surface area is 108 Å².